The summed E-state index contributed by atoms with van der Waals surface area (Å²) in [6.45, 7) is 7.32. The van der Waals surface area contributed by atoms with E-state index < -0.39 is 0 Å². The molecule has 0 bridgehead atoms. The molecule has 0 amide bonds. The number of nitrogens with one attached hydrogen (secondary N) is 1. The Hall–Kier alpha value is -0.900. The summed E-state index contributed by atoms with van der Waals surface area (Å²) < 4.78 is 5.65. The van der Waals surface area contributed by atoms with Crippen molar-refractivity contribution in [3.05, 3.63) is 11.8 Å². The van der Waals surface area contributed by atoms with Crippen LogP contribution < -0.4 is 5.32 Å². The van der Waals surface area contributed by atoms with Gasteiger partial charge in [-0.05, 0) is 19.4 Å². The third kappa shape index (κ3) is 3.93. The molecule has 0 radical (unpaired) electrons. The molecule has 1 atom stereocenters. The summed E-state index contributed by atoms with van der Waals surface area (Å²) in [5.74, 6) is 1.51. The minimum absolute atomic E-state index is 0.206. The highest BCUT2D eigenvalue weighted by atomic mass is 16.4. The molecule has 0 aliphatic rings. The van der Waals surface area contributed by atoms with Gasteiger partial charge in [-0.2, -0.15) is 0 Å². The number of unbranched alkanes of at least 4 members (excludes halogenated alkanes) is 2. The Morgan fingerprint density at radius 3 is 2.62 bits per heavy atom. The van der Waals surface area contributed by atoms with Gasteiger partial charge in [-0.1, -0.05) is 33.6 Å². The summed E-state index contributed by atoms with van der Waals surface area (Å²) in [5.41, 5.74) is 0. The monoisotopic (exact) mass is 225 g/mol. The Bertz CT molecular complexity index is 286. The lowest BCUT2D eigenvalue weighted by Crippen LogP contribution is -2.20. The molecule has 92 valence electrons. The quantitative estimate of drug-likeness (QED) is 0.691. The summed E-state index contributed by atoms with van der Waals surface area (Å²) >= 11 is 0. The summed E-state index contributed by atoms with van der Waals surface area (Å²) in [6.07, 6.45) is 5.46. The van der Waals surface area contributed by atoms with Crippen LogP contribution in [0.1, 0.15) is 64.3 Å². The molecule has 1 rings (SSSR count). The lowest BCUT2D eigenvalue weighted by molar-refractivity contribution is 0.374. The second kappa shape index (κ2) is 7.39. The number of hydrogen-bond acceptors (Lipinski definition) is 4. The normalized spacial score (nSPS) is 12.9. The maximum Gasteiger partial charge on any atom is 0.233 e. The van der Waals surface area contributed by atoms with Crippen LogP contribution in [0.5, 0.6) is 0 Å². The van der Waals surface area contributed by atoms with Crippen LogP contribution in [0.3, 0.4) is 0 Å². The van der Waals surface area contributed by atoms with E-state index in [1.807, 2.05) is 0 Å². The van der Waals surface area contributed by atoms with Crippen LogP contribution in [0, 0.1) is 0 Å². The molecule has 0 saturated carbocycles. The minimum atomic E-state index is 0.206. The second-order valence-electron chi connectivity index (χ2n) is 4.01. The number of hydrogen-bond donors (Lipinski definition) is 1. The van der Waals surface area contributed by atoms with Crippen molar-refractivity contribution >= 4 is 0 Å². The van der Waals surface area contributed by atoms with E-state index in [0.717, 1.165) is 37.6 Å². The molecule has 1 aromatic heterocycles. The van der Waals surface area contributed by atoms with E-state index in [4.69, 9.17) is 4.42 Å². The van der Waals surface area contributed by atoms with Gasteiger partial charge in [-0.25, -0.2) is 0 Å². The van der Waals surface area contributed by atoms with Gasteiger partial charge in [0, 0.05) is 6.42 Å². The van der Waals surface area contributed by atoms with Crippen molar-refractivity contribution in [2.45, 2.75) is 58.9 Å². The molecule has 0 fully saturated rings. The van der Waals surface area contributed by atoms with Crippen LogP contribution in [0.15, 0.2) is 4.42 Å². The van der Waals surface area contributed by atoms with Crippen molar-refractivity contribution in [3.63, 3.8) is 0 Å². The largest absolute Gasteiger partial charge is 0.424 e. The van der Waals surface area contributed by atoms with E-state index in [0.29, 0.717) is 0 Å². The molecule has 0 aromatic carbocycles. The van der Waals surface area contributed by atoms with Crippen molar-refractivity contribution < 1.29 is 4.42 Å². The van der Waals surface area contributed by atoms with Gasteiger partial charge >= 0.3 is 0 Å². The highest BCUT2D eigenvalue weighted by Gasteiger charge is 2.15. The maximum absolute atomic E-state index is 5.65. The Labute approximate surface area is 97.8 Å². The van der Waals surface area contributed by atoms with E-state index >= 15 is 0 Å². The topological polar surface area (TPSA) is 51.0 Å². The van der Waals surface area contributed by atoms with Gasteiger partial charge in [0.05, 0.1) is 6.04 Å². The lowest BCUT2D eigenvalue weighted by atomic mass is 10.2. The van der Waals surface area contributed by atoms with E-state index in [1.54, 1.807) is 0 Å². The van der Waals surface area contributed by atoms with Crippen LogP contribution in [-0.2, 0) is 6.42 Å². The molecule has 0 saturated heterocycles. The highest BCUT2D eigenvalue weighted by molar-refractivity contribution is 4.89. The third-order valence-electron chi connectivity index (χ3n) is 2.63. The van der Waals surface area contributed by atoms with Crippen molar-refractivity contribution in [3.8, 4) is 0 Å². The van der Waals surface area contributed by atoms with Crippen LogP contribution in [-0.4, -0.2) is 16.7 Å². The molecule has 0 spiro atoms. The molecular weight excluding hydrogens is 202 g/mol. The van der Waals surface area contributed by atoms with Gasteiger partial charge in [0.25, 0.3) is 0 Å². The molecule has 1 heterocycles. The molecule has 0 aliphatic heterocycles. The summed E-state index contributed by atoms with van der Waals surface area (Å²) in [4.78, 5) is 0. The molecule has 4 nitrogen and oxygen atoms in total. The van der Waals surface area contributed by atoms with Gasteiger partial charge in [-0.3, -0.25) is 0 Å². The zero-order chi connectivity index (χ0) is 11.8. The van der Waals surface area contributed by atoms with Gasteiger partial charge in [-0.15, -0.1) is 10.2 Å². The standard InChI is InChI=1S/C12H23N3O/c1-4-7-8-9-11-14-15-12(16-11)10(5-2)13-6-3/h10,13H,4-9H2,1-3H3. The molecule has 16 heavy (non-hydrogen) atoms. The average Bonchev–Trinajstić information content (AvgIpc) is 2.75. The van der Waals surface area contributed by atoms with Crippen LogP contribution in [0.4, 0.5) is 0 Å². The summed E-state index contributed by atoms with van der Waals surface area (Å²) in [6, 6.07) is 0.206. The second-order valence-corrected chi connectivity index (χ2v) is 4.01. The smallest absolute Gasteiger partial charge is 0.233 e. The molecular formula is C12H23N3O. The fourth-order valence-electron chi connectivity index (χ4n) is 1.69. The Kier molecular flexibility index (Phi) is 6.08. The number of aromatic nitrogens is 2. The first-order valence-corrected chi connectivity index (χ1v) is 6.37. The predicted octanol–water partition coefficient (Wildman–Crippen LogP) is 2.86. The number of aryl methyl sites for hydroxylation is 1. The van der Waals surface area contributed by atoms with Crippen molar-refractivity contribution in [1.82, 2.24) is 15.5 Å². The van der Waals surface area contributed by atoms with Crippen LogP contribution >= 0.6 is 0 Å². The SMILES string of the molecule is CCCCCc1nnc(C(CC)NCC)o1. The molecule has 1 aromatic rings. The van der Waals surface area contributed by atoms with E-state index in [2.05, 4.69) is 36.3 Å². The first kappa shape index (κ1) is 13.2. The number of nitrogens with zero attached hydrogens (tertiary/aromatic N) is 2. The molecule has 1 unspecified atom stereocenters. The Balaban J connectivity index is 2.48. The Morgan fingerprint density at radius 2 is 2.00 bits per heavy atom. The minimum Gasteiger partial charge on any atom is -0.424 e. The van der Waals surface area contributed by atoms with E-state index in [1.165, 1.54) is 12.8 Å². The fourth-order valence-corrected chi connectivity index (χ4v) is 1.69. The van der Waals surface area contributed by atoms with Crippen LogP contribution in [0.2, 0.25) is 0 Å². The molecule has 1 N–H and O–H groups in total. The first-order valence-electron chi connectivity index (χ1n) is 6.37. The average molecular weight is 225 g/mol. The molecule has 0 aliphatic carbocycles. The van der Waals surface area contributed by atoms with Gasteiger partial charge in [0.2, 0.25) is 11.8 Å². The van der Waals surface area contributed by atoms with Crippen molar-refractivity contribution in [1.29, 1.82) is 0 Å². The zero-order valence-corrected chi connectivity index (χ0v) is 10.6. The van der Waals surface area contributed by atoms with Crippen molar-refractivity contribution in [2.24, 2.45) is 0 Å². The third-order valence-corrected chi connectivity index (χ3v) is 2.63. The molecule has 4 heteroatoms. The van der Waals surface area contributed by atoms with E-state index in [-0.39, 0.29) is 6.04 Å². The van der Waals surface area contributed by atoms with Crippen molar-refractivity contribution in [2.75, 3.05) is 6.54 Å². The summed E-state index contributed by atoms with van der Waals surface area (Å²) in [7, 11) is 0. The van der Waals surface area contributed by atoms with Gasteiger partial charge in [0.1, 0.15) is 0 Å². The zero-order valence-electron chi connectivity index (χ0n) is 10.6. The van der Waals surface area contributed by atoms with Gasteiger partial charge in [0.15, 0.2) is 0 Å². The lowest BCUT2D eigenvalue weighted by Gasteiger charge is -2.09. The van der Waals surface area contributed by atoms with Crippen LogP contribution in [0.25, 0.3) is 0 Å². The fraction of sp³-hybridized carbons (Fsp3) is 0.833. The first-order chi connectivity index (χ1) is 7.81. The number of rotatable bonds is 8. The Morgan fingerprint density at radius 1 is 1.19 bits per heavy atom. The maximum atomic E-state index is 5.65. The highest BCUT2D eigenvalue weighted by Crippen LogP contribution is 2.15. The van der Waals surface area contributed by atoms with E-state index in [9.17, 15) is 0 Å². The predicted molar refractivity (Wildman–Crippen MR) is 64.2 cm³/mol. The van der Waals surface area contributed by atoms with Gasteiger partial charge < -0.3 is 9.73 Å². The summed E-state index contributed by atoms with van der Waals surface area (Å²) in [5, 5.41) is 11.5.